The van der Waals surface area contributed by atoms with Crippen LogP contribution in [0.3, 0.4) is 0 Å². The number of hydrogen-bond donors (Lipinski definition) is 0. The summed E-state index contributed by atoms with van der Waals surface area (Å²) in [7, 11) is -0.439. The van der Waals surface area contributed by atoms with E-state index in [1.807, 2.05) is 0 Å². The van der Waals surface area contributed by atoms with Gasteiger partial charge in [-0.3, -0.25) is 0 Å². The SMILES string of the molecule is COC(=O)/C=C/c1ccc(OC(=O)c2ccc(CS(C)(=O)=O)cc2)c(OC)c1. The number of carbonyl (C=O) groups is 2. The average Bonchev–Trinajstić information content (AvgIpc) is 2.66. The van der Waals surface area contributed by atoms with Crippen molar-refractivity contribution in [2.45, 2.75) is 5.75 Å². The van der Waals surface area contributed by atoms with Crippen LogP contribution in [0.5, 0.6) is 11.5 Å². The Balaban J connectivity index is 2.14. The lowest BCUT2D eigenvalue weighted by Gasteiger charge is -2.10. The maximum atomic E-state index is 12.3. The molecule has 2 aromatic carbocycles. The van der Waals surface area contributed by atoms with Gasteiger partial charge in [-0.1, -0.05) is 18.2 Å². The second kappa shape index (κ2) is 9.18. The largest absolute Gasteiger partial charge is 0.493 e. The fraction of sp³-hybridized carbons (Fsp3) is 0.200. The van der Waals surface area contributed by atoms with Gasteiger partial charge in [-0.2, -0.15) is 0 Å². The van der Waals surface area contributed by atoms with Crippen LogP contribution in [0.4, 0.5) is 0 Å². The van der Waals surface area contributed by atoms with Gasteiger partial charge in [-0.05, 0) is 41.5 Å². The Morgan fingerprint density at radius 3 is 2.25 bits per heavy atom. The van der Waals surface area contributed by atoms with Crippen molar-refractivity contribution >= 4 is 27.9 Å². The third-order valence-electron chi connectivity index (χ3n) is 3.62. The van der Waals surface area contributed by atoms with E-state index in [9.17, 15) is 18.0 Å². The minimum absolute atomic E-state index is 0.100. The quantitative estimate of drug-likeness (QED) is 0.398. The third-order valence-corrected chi connectivity index (χ3v) is 4.48. The lowest BCUT2D eigenvalue weighted by molar-refractivity contribution is -0.134. The average molecular weight is 404 g/mol. The first-order valence-electron chi connectivity index (χ1n) is 8.15. The maximum absolute atomic E-state index is 12.3. The topological polar surface area (TPSA) is 96.0 Å². The smallest absolute Gasteiger partial charge is 0.343 e. The highest BCUT2D eigenvalue weighted by atomic mass is 32.2. The van der Waals surface area contributed by atoms with Crippen molar-refractivity contribution in [2.24, 2.45) is 0 Å². The van der Waals surface area contributed by atoms with Crippen LogP contribution in [0.25, 0.3) is 6.08 Å². The Morgan fingerprint density at radius 2 is 1.68 bits per heavy atom. The van der Waals surface area contributed by atoms with E-state index in [1.54, 1.807) is 36.4 Å². The van der Waals surface area contributed by atoms with Crippen molar-refractivity contribution in [2.75, 3.05) is 20.5 Å². The maximum Gasteiger partial charge on any atom is 0.343 e. The lowest BCUT2D eigenvalue weighted by atomic mass is 10.1. The molecule has 0 saturated heterocycles. The molecule has 0 spiro atoms. The number of benzene rings is 2. The van der Waals surface area contributed by atoms with Crippen LogP contribution in [-0.4, -0.2) is 40.8 Å². The van der Waals surface area contributed by atoms with Gasteiger partial charge in [0.05, 0.1) is 25.5 Å². The van der Waals surface area contributed by atoms with Gasteiger partial charge in [0.1, 0.15) is 0 Å². The number of methoxy groups -OCH3 is 2. The van der Waals surface area contributed by atoms with E-state index in [1.165, 1.54) is 32.4 Å². The zero-order valence-electron chi connectivity index (χ0n) is 15.7. The Hall–Kier alpha value is -3.13. The van der Waals surface area contributed by atoms with Crippen molar-refractivity contribution < 1.29 is 32.2 Å². The fourth-order valence-electron chi connectivity index (χ4n) is 2.30. The van der Waals surface area contributed by atoms with Crippen molar-refractivity contribution in [3.8, 4) is 11.5 Å². The molecule has 0 fully saturated rings. The van der Waals surface area contributed by atoms with Gasteiger partial charge in [0.25, 0.3) is 0 Å². The number of carbonyl (C=O) groups excluding carboxylic acids is 2. The molecule has 0 aromatic heterocycles. The first-order chi connectivity index (χ1) is 13.2. The van der Waals surface area contributed by atoms with Crippen molar-refractivity contribution in [1.82, 2.24) is 0 Å². The molecule has 0 saturated carbocycles. The predicted molar refractivity (Wildman–Crippen MR) is 104 cm³/mol. The van der Waals surface area contributed by atoms with Crippen molar-refractivity contribution in [3.05, 3.63) is 65.2 Å². The van der Waals surface area contributed by atoms with Gasteiger partial charge >= 0.3 is 11.9 Å². The number of rotatable bonds is 7. The summed E-state index contributed by atoms with van der Waals surface area (Å²) in [5.74, 6) is -0.677. The van der Waals surface area contributed by atoms with Gasteiger partial charge in [0.2, 0.25) is 0 Å². The highest BCUT2D eigenvalue weighted by molar-refractivity contribution is 7.89. The van der Waals surface area contributed by atoms with E-state index in [0.717, 1.165) is 6.26 Å². The standard InChI is InChI=1S/C20H20O7S/c1-25-18-12-14(7-11-19(21)26-2)6-10-17(18)27-20(22)16-8-4-15(5-9-16)13-28(3,23)24/h4-12H,13H2,1-3H3/b11-7+. The number of hydrogen-bond acceptors (Lipinski definition) is 7. The summed E-state index contributed by atoms with van der Waals surface area (Å²) in [6.07, 6.45) is 3.95. The minimum atomic E-state index is -3.15. The molecule has 7 nitrogen and oxygen atoms in total. The number of esters is 2. The van der Waals surface area contributed by atoms with Crippen LogP contribution in [-0.2, 0) is 25.1 Å². The van der Waals surface area contributed by atoms with Gasteiger partial charge in [-0.25, -0.2) is 18.0 Å². The Labute approximate surface area is 163 Å². The van der Waals surface area contributed by atoms with E-state index in [2.05, 4.69) is 4.74 Å². The summed E-state index contributed by atoms with van der Waals surface area (Å²) in [4.78, 5) is 23.5. The van der Waals surface area contributed by atoms with E-state index in [4.69, 9.17) is 9.47 Å². The molecular formula is C20H20O7S. The summed E-state index contributed by atoms with van der Waals surface area (Å²) >= 11 is 0. The van der Waals surface area contributed by atoms with Crippen LogP contribution in [0.15, 0.2) is 48.5 Å². The second-order valence-corrected chi connectivity index (χ2v) is 8.06. The minimum Gasteiger partial charge on any atom is -0.493 e. The van der Waals surface area contributed by atoms with Gasteiger partial charge in [-0.15, -0.1) is 0 Å². The van der Waals surface area contributed by atoms with Gasteiger partial charge in [0, 0.05) is 12.3 Å². The molecule has 0 radical (unpaired) electrons. The molecule has 0 heterocycles. The van der Waals surface area contributed by atoms with E-state index in [0.29, 0.717) is 16.9 Å². The molecule has 0 aliphatic rings. The number of sulfone groups is 1. The predicted octanol–water partition coefficient (Wildman–Crippen LogP) is 2.65. The Morgan fingerprint density at radius 1 is 1.00 bits per heavy atom. The molecular weight excluding hydrogens is 384 g/mol. The van der Waals surface area contributed by atoms with Gasteiger partial charge < -0.3 is 14.2 Å². The van der Waals surface area contributed by atoms with Crippen LogP contribution in [0.1, 0.15) is 21.5 Å². The van der Waals surface area contributed by atoms with Crippen LogP contribution < -0.4 is 9.47 Å². The molecule has 0 aliphatic carbocycles. The van der Waals surface area contributed by atoms with Crippen molar-refractivity contribution in [3.63, 3.8) is 0 Å². The molecule has 0 amide bonds. The molecule has 0 bridgehead atoms. The Kier molecular flexibility index (Phi) is 6.94. The molecule has 0 atom stereocenters. The molecule has 0 N–H and O–H groups in total. The van der Waals surface area contributed by atoms with Gasteiger partial charge in [0.15, 0.2) is 21.3 Å². The lowest BCUT2D eigenvalue weighted by Crippen LogP contribution is -2.09. The second-order valence-electron chi connectivity index (χ2n) is 5.92. The van der Waals surface area contributed by atoms with Crippen LogP contribution in [0.2, 0.25) is 0 Å². The normalized spacial score (nSPS) is 11.2. The monoisotopic (exact) mass is 404 g/mol. The van der Waals surface area contributed by atoms with Crippen LogP contribution >= 0.6 is 0 Å². The molecule has 2 rings (SSSR count). The summed E-state index contributed by atoms with van der Waals surface area (Å²) < 4.78 is 37.8. The summed E-state index contributed by atoms with van der Waals surface area (Å²) in [6.45, 7) is 0. The van der Waals surface area contributed by atoms with Crippen LogP contribution in [0, 0.1) is 0 Å². The molecule has 2 aromatic rings. The molecule has 0 unspecified atom stereocenters. The highest BCUT2D eigenvalue weighted by Gasteiger charge is 2.13. The first-order valence-corrected chi connectivity index (χ1v) is 10.2. The Bertz CT molecular complexity index is 990. The zero-order valence-corrected chi connectivity index (χ0v) is 16.5. The highest BCUT2D eigenvalue weighted by Crippen LogP contribution is 2.29. The van der Waals surface area contributed by atoms with E-state index >= 15 is 0 Å². The summed E-state index contributed by atoms with van der Waals surface area (Å²) in [6, 6.07) is 10.9. The molecule has 148 valence electrons. The summed E-state index contributed by atoms with van der Waals surface area (Å²) in [5.41, 5.74) is 1.51. The summed E-state index contributed by atoms with van der Waals surface area (Å²) in [5, 5.41) is 0. The van der Waals surface area contributed by atoms with Crippen molar-refractivity contribution in [1.29, 1.82) is 0 Å². The molecule has 28 heavy (non-hydrogen) atoms. The first kappa shape index (κ1) is 21.2. The molecule has 0 aliphatic heterocycles. The van der Waals surface area contributed by atoms with E-state index in [-0.39, 0.29) is 17.1 Å². The van der Waals surface area contributed by atoms with E-state index < -0.39 is 21.8 Å². The number of ether oxygens (including phenoxy) is 3. The molecule has 8 heteroatoms. The zero-order chi connectivity index (χ0) is 20.7. The fourth-order valence-corrected chi connectivity index (χ4v) is 3.10. The third kappa shape index (κ3) is 6.24.